The van der Waals surface area contributed by atoms with E-state index in [1.54, 1.807) is 10.9 Å². The van der Waals surface area contributed by atoms with Gasteiger partial charge in [0.25, 0.3) is 5.56 Å². The van der Waals surface area contributed by atoms with Gasteiger partial charge in [-0.1, -0.05) is 13.8 Å². The summed E-state index contributed by atoms with van der Waals surface area (Å²) in [6, 6.07) is 1.82. The highest BCUT2D eigenvalue weighted by Crippen LogP contribution is 2.16. The number of thiophene rings is 1. The Morgan fingerprint density at radius 1 is 1.47 bits per heavy atom. The minimum atomic E-state index is -0.324. The molecule has 0 aliphatic carbocycles. The van der Waals surface area contributed by atoms with Crippen LogP contribution in [0, 0.1) is 0 Å². The first-order valence-corrected chi connectivity index (χ1v) is 6.69. The van der Waals surface area contributed by atoms with E-state index in [0.717, 1.165) is 17.7 Å². The van der Waals surface area contributed by atoms with Gasteiger partial charge in [0.2, 0.25) is 0 Å². The average molecular weight is 251 g/mol. The highest BCUT2D eigenvalue weighted by Gasteiger charge is 2.21. The van der Waals surface area contributed by atoms with Crippen LogP contribution in [0.4, 0.5) is 0 Å². The fraction of sp³-hybridized carbons (Fsp3) is 0.500. The van der Waals surface area contributed by atoms with Crippen molar-refractivity contribution >= 4 is 21.6 Å². The molecule has 17 heavy (non-hydrogen) atoms. The summed E-state index contributed by atoms with van der Waals surface area (Å²) in [6.07, 6.45) is 3.29. The normalized spacial score (nSPS) is 12.2. The summed E-state index contributed by atoms with van der Waals surface area (Å²) >= 11 is 1.48. The lowest BCUT2D eigenvalue weighted by Crippen LogP contribution is -2.45. The van der Waals surface area contributed by atoms with E-state index in [9.17, 15) is 4.79 Å². The highest BCUT2D eigenvalue weighted by atomic mass is 32.1. The van der Waals surface area contributed by atoms with Crippen LogP contribution in [0.3, 0.4) is 0 Å². The number of hydrogen-bond donors (Lipinski definition) is 1. The quantitative estimate of drug-likeness (QED) is 0.903. The lowest BCUT2D eigenvalue weighted by Gasteiger charge is -2.27. The first kappa shape index (κ1) is 12.3. The molecule has 0 saturated carbocycles. The predicted octanol–water partition coefficient (Wildman–Crippen LogP) is 1.98. The largest absolute Gasteiger partial charge is 0.324 e. The molecule has 4 nitrogen and oxygen atoms in total. The number of rotatable bonds is 4. The van der Waals surface area contributed by atoms with E-state index in [1.807, 2.05) is 25.3 Å². The molecule has 0 aliphatic rings. The van der Waals surface area contributed by atoms with Crippen LogP contribution in [-0.2, 0) is 6.54 Å². The highest BCUT2D eigenvalue weighted by molar-refractivity contribution is 7.16. The second-order valence-electron chi connectivity index (χ2n) is 4.39. The Labute approximate surface area is 104 Å². The molecule has 2 heterocycles. The number of fused-ring (bicyclic) bond motifs is 1. The maximum atomic E-state index is 12.2. The smallest absolute Gasteiger partial charge is 0.262 e. The molecule has 0 spiro atoms. The van der Waals surface area contributed by atoms with Gasteiger partial charge in [0.1, 0.15) is 4.83 Å². The Morgan fingerprint density at radius 3 is 2.82 bits per heavy atom. The van der Waals surface area contributed by atoms with Crippen LogP contribution in [0.5, 0.6) is 0 Å². The van der Waals surface area contributed by atoms with Crippen molar-refractivity contribution in [2.45, 2.75) is 38.8 Å². The van der Waals surface area contributed by atoms with E-state index in [0.29, 0.717) is 11.9 Å². The minimum Gasteiger partial charge on any atom is -0.324 e. The molecule has 2 rings (SSSR count). The molecule has 0 aromatic carbocycles. The molecule has 2 aromatic rings. The molecule has 5 heteroatoms. The van der Waals surface area contributed by atoms with Gasteiger partial charge >= 0.3 is 0 Å². The summed E-state index contributed by atoms with van der Waals surface area (Å²) < 4.78 is 1.63. The SMILES string of the molecule is CCC(N)(CC)Cn1cnc2sccc2c1=O. The standard InChI is InChI=1S/C12H17N3OS/c1-3-12(13,4-2)7-15-8-14-10-9(11(15)16)5-6-17-10/h5-6,8H,3-4,7,13H2,1-2H3. The maximum absolute atomic E-state index is 12.2. The van der Waals surface area contributed by atoms with Gasteiger partial charge in [-0.15, -0.1) is 11.3 Å². The van der Waals surface area contributed by atoms with Crippen molar-refractivity contribution in [1.29, 1.82) is 0 Å². The minimum absolute atomic E-state index is 0.00738. The first-order valence-electron chi connectivity index (χ1n) is 5.81. The van der Waals surface area contributed by atoms with Gasteiger partial charge in [0.05, 0.1) is 11.7 Å². The molecule has 0 fully saturated rings. The second kappa shape index (κ2) is 4.58. The molecule has 2 aromatic heterocycles. The van der Waals surface area contributed by atoms with E-state index in [1.165, 1.54) is 11.3 Å². The number of hydrogen-bond acceptors (Lipinski definition) is 4. The summed E-state index contributed by atoms with van der Waals surface area (Å²) in [7, 11) is 0. The average Bonchev–Trinajstić information content (AvgIpc) is 2.82. The van der Waals surface area contributed by atoms with E-state index in [2.05, 4.69) is 4.98 Å². The van der Waals surface area contributed by atoms with Crippen molar-refractivity contribution in [3.63, 3.8) is 0 Å². The third-order valence-electron chi connectivity index (χ3n) is 3.34. The van der Waals surface area contributed by atoms with Gasteiger partial charge in [-0.05, 0) is 24.3 Å². The summed E-state index contributed by atoms with van der Waals surface area (Å²) in [4.78, 5) is 17.2. The van der Waals surface area contributed by atoms with E-state index in [4.69, 9.17) is 5.73 Å². The third kappa shape index (κ3) is 2.25. The van der Waals surface area contributed by atoms with E-state index in [-0.39, 0.29) is 11.1 Å². The van der Waals surface area contributed by atoms with Crippen LogP contribution in [0.15, 0.2) is 22.6 Å². The molecule has 0 amide bonds. The lowest BCUT2D eigenvalue weighted by molar-refractivity contribution is 0.334. The van der Waals surface area contributed by atoms with Crippen LogP contribution in [0.1, 0.15) is 26.7 Å². The third-order valence-corrected chi connectivity index (χ3v) is 4.16. The monoisotopic (exact) mass is 251 g/mol. The topological polar surface area (TPSA) is 60.9 Å². The Hall–Kier alpha value is -1.20. The zero-order valence-corrected chi connectivity index (χ0v) is 11.0. The molecule has 0 atom stereocenters. The van der Waals surface area contributed by atoms with Gasteiger partial charge in [-0.25, -0.2) is 4.98 Å². The van der Waals surface area contributed by atoms with Gasteiger partial charge in [-0.3, -0.25) is 9.36 Å². The molecular weight excluding hydrogens is 234 g/mol. The van der Waals surface area contributed by atoms with Crippen molar-refractivity contribution in [3.05, 3.63) is 28.1 Å². The van der Waals surface area contributed by atoms with E-state index >= 15 is 0 Å². The van der Waals surface area contributed by atoms with Gasteiger partial charge in [0.15, 0.2) is 0 Å². The fourth-order valence-corrected chi connectivity index (χ4v) is 2.54. The Balaban J connectivity index is 2.43. The molecule has 2 N–H and O–H groups in total. The maximum Gasteiger partial charge on any atom is 0.262 e. The summed E-state index contributed by atoms with van der Waals surface area (Å²) in [6.45, 7) is 4.62. The fourth-order valence-electron chi connectivity index (χ4n) is 1.82. The molecule has 92 valence electrons. The Bertz CT molecular complexity index is 568. The van der Waals surface area contributed by atoms with Crippen LogP contribution in [-0.4, -0.2) is 15.1 Å². The Morgan fingerprint density at radius 2 is 2.18 bits per heavy atom. The molecule has 0 bridgehead atoms. The molecular formula is C12H17N3OS. The molecule has 0 saturated heterocycles. The van der Waals surface area contributed by atoms with Crippen LogP contribution in [0.2, 0.25) is 0 Å². The van der Waals surface area contributed by atoms with Crippen molar-refractivity contribution in [2.75, 3.05) is 0 Å². The predicted molar refractivity (Wildman–Crippen MR) is 71.4 cm³/mol. The lowest BCUT2D eigenvalue weighted by atomic mass is 9.94. The van der Waals surface area contributed by atoms with Crippen molar-refractivity contribution in [2.24, 2.45) is 5.73 Å². The summed E-state index contributed by atoms with van der Waals surface area (Å²) in [5, 5.41) is 2.57. The number of aromatic nitrogens is 2. The van der Waals surface area contributed by atoms with Crippen LogP contribution in [0.25, 0.3) is 10.2 Å². The van der Waals surface area contributed by atoms with Gasteiger partial charge < -0.3 is 5.73 Å². The zero-order chi connectivity index (χ0) is 12.5. The molecule has 0 unspecified atom stereocenters. The van der Waals surface area contributed by atoms with Gasteiger partial charge in [-0.2, -0.15) is 0 Å². The summed E-state index contributed by atoms with van der Waals surface area (Å²) in [5.41, 5.74) is 5.92. The zero-order valence-electron chi connectivity index (χ0n) is 10.1. The van der Waals surface area contributed by atoms with Crippen LogP contribution >= 0.6 is 11.3 Å². The van der Waals surface area contributed by atoms with Crippen molar-refractivity contribution in [3.8, 4) is 0 Å². The summed E-state index contributed by atoms with van der Waals surface area (Å²) in [5.74, 6) is 0. The van der Waals surface area contributed by atoms with Gasteiger partial charge in [0, 0.05) is 12.1 Å². The Kier molecular flexibility index (Phi) is 3.31. The number of nitrogens with two attached hydrogens (primary N) is 1. The van der Waals surface area contributed by atoms with Crippen molar-refractivity contribution < 1.29 is 0 Å². The molecule has 0 radical (unpaired) electrons. The number of nitrogens with zero attached hydrogens (tertiary/aromatic N) is 2. The molecule has 0 aliphatic heterocycles. The second-order valence-corrected chi connectivity index (χ2v) is 5.28. The van der Waals surface area contributed by atoms with E-state index < -0.39 is 0 Å². The first-order chi connectivity index (χ1) is 8.09. The van der Waals surface area contributed by atoms with Crippen molar-refractivity contribution in [1.82, 2.24) is 9.55 Å². The van der Waals surface area contributed by atoms with Crippen LogP contribution < -0.4 is 11.3 Å².